The second-order valence-corrected chi connectivity index (χ2v) is 18.2. The second kappa shape index (κ2) is 13.0. The van der Waals surface area contributed by atoms with E-state index >= 15 is 0 Å². The van der Waals surface area contributed by atoms with Crippen LogP contribution in [0.5, 0.6) is 0 Å². The minimum Gasteiger partial charge on any atom is -0.359 e. The number of fused-ring (bicyclic) bond motifs is 16. The maximum absolute atomic E-state index is 5.74. The first kappa shape index (κ1) is 35.0. The van der Waals surface area contributed by atoms with Crippen molar-refractivity contribution in [1.29, 1.82) is 0 Å². The molecule has 1 spiro atoms. The van der Waals surface area contributed by atoms with Crippen LogP contribution in [0.1, 0.15) is 33.9 Å². The SMILES string of the molecule is CN1c2ccccc2N=C(n2c3ccccc3c3cc4c(cc32)C2(c3ccccc3Sc3ccccc32)c2ccccc2-4)C1c1ccc2c3ccccc3n(-c3ccccc3)c2c1. The molecule has 0 bridgehead atoms. The Kier molecular flexibility index (Phi) is 7.21. The number of para-hydroxylation sites is 5. The molecular weight excluding hydrogens is 785 g/mol. The van der Waals surface area contributed by atoms with Gasteiger partial charge in [-0.05, 0) is 106 Å². The van der Waals surface area contributed by atoms with Crippen LogP contribution in [0.2, 0.25) is 0 Å². The average molecular weight is 823 g/mol. The predicted molar refractivity (Wildman–Crippen MR) is 262 cm³/mol. The molecule has 4 heterocycles. The van der Waals surface area contributed by atoms with Crippen LogP contribution in [-0.4, -0.2) is 22.0 Å². The monoisotopic (exact) mass is 822 g/mol. The van der Waals surface area contributed by atoms with Gasteiger partial charge in [0.2, 0.25) is 0 Å². The summed E-state index contributed by atoms with van der Waals surface area (Å²) < 4.78 is 4.91. The molecule has 1 atom stereocenters. The Bertz CT molecular complexity index is 3710. The first-order valence-corrected chi connectivity index (χ1v) is 22.5. The van der Waals surface area contributed by atoms with Gasteiger partial charge in [-0.2, -0.15) is 0 Å². The van der Waals surface area contributed by atoms with Crippen LogP contribution in [0, 0.1) is 0 Å². The number of aromatic nitrogens is 2. The molecule has 0 amide bonds. The lowest BCUT2D eigenvalue weighted by atomic mass is 9.67. The number of likely N-dealkylation sites (N-methyl/N-ethyl adjacent to an activating group) is 1. The number of nitrogens with zero attached hydrogens (tertiary/aromatic N) is 4. The van der Waals surface area contributed by atoms with Crippen molar-refractivity contribution >= 4 is 72.6 Å². The highest BCUT2D eigenvalue weighted by Gasteiger charge is 2.50. The van der Waals surface area contributed by atoms with E-state index in [4.69, 9.17) is 4.99 Å². The summed E-state index contributed by atoms with van der Waals surface area (Å²) in [6.07, 6.45) is 0. The fraction of sp³-hybridized carbons (Fsp3) is 0.0517. The molecule has 1 unspecified atom stereocenters. The van der Waals surface area contributed by atoms with Crippen molar-refractivity contribution in [2.24, 2.45) is 4.99 Å². The first-order valence-electron chi connectivity index (χ1n) is 21.7. The third-order valence-corrected chi connectivity index (χ3v) is 15.2. The van der Waals surface area contributed by atoms with Crippen molar-refractivity contribution in [1.82, 2.24) is 9.13 Å². The van der Waals surface area contributed by atoms with Crippen LogP contribution in [0.4, 0.5) is 11.4 Å². The molecule has 0 fully saturated rings. The molecule has 296 valence electrons. The molecule has 14 rings (SSSR count). The number of anilines is 1. The van der Waals surface area contributed by atoms with Crippen molar-refractivity contribution in [3.05, 3.63) is 234 Å². The lowest BCUT2D eigenvalue weighted by Crippen LogP contribution is -2.37. The van der Waals surface area contributed by atoms with Crippen molar-refractivity contribution in [3.63, 3.8) is 0 Å². The highest BCUT2D eigenvalue weighted by Crippen LogP contribution is 2.63. The normalized spacial score (nSPS) is 15.7. The van der Waals surface area contributed by atoms with Crippen LogP contribution in [-0.2, 0) is 5.41 Å². The standard InChI is InChI=1S/C58H38N4S/c1-60-51-28-14-11-25-48(51)59-57(56(60)36-31-32-41-39-20-6-12-26-49(39)61(52(41)33-36)37-17-3-2-4-18-37)62-50-27-13-7-21-40(50)43-34-42-38-19-5-8-22-44(38)58(47(42)35-53(43)62)45-23-9-15-29-54(45)63-55-30-16-10-24-46(55)58/h2-35,56H,1H3. The Morgan fingerprint density at radius 2 is 1.03 bits per heavy atom. The maximum atomic E-state index is 5.74. The molecule has 3 aliphatic rings. The summed E-state index contributed by atoms with van der Waals surface area (Å²) in [7, 11) is 2.24. The Hall–Kier alpha value is -7.60. The second-order valence-electron chi connectivity index (χ2n) is 17.1. The number of aliphatic imine (C=N–C) groups is 1. The zero-order chi connectivity index (χ0) is 41.4. The fourth-order valence-electron chi connectivity index (χ4n) is 11.5. The first-order chi connectivity index (χ1) is 31.2. The van der Waals surface area contributed by atoms with Crippen molar-refractivity contribution in [2.75, 3.05) is 11.9 Å². The predicted octanol–water partition coefficient (Wildman–Crippen LogP) is 14.5. The van der Waals surface area contributed by atoms with Crippen LogP contribution >= 0.6 is 11.8 Å². The molecule has 0 radical (unpaired) electrons. The van der Waals surface area contributed by atoms with Crippen molar-refractivity contribution < 1.29 is 0 Å². The zero-order valence-corrected chi connectivity index (χ0v) is 35.2. The Morgan fingerprint density at radius 1 is 0.444 bits per heavy atom. The topological polar surface area (TPSA) is 25.5 Å². The third kappa shape index (κ3) is 4.64. The van der Waals surface area contributed by atoms with Gasteiger partial charge in [0.05, 0.1) is 38.9 Å². The molecule has 5 heteroatoms. The van der Waals surface area contributed by atoms with E-state index in [9.17, 15) is 0 Å². The van der Waals surface area contributed by atoms with E-state index in [0.717, 1.165) is 33.9 Å². The average Bonchev–Trinajstić information content (AvgIpc) is 3.95. The van der Waals surface area contributed by atoms with E-state index in [2.05, 4.69) is 227 Å². The van der Waals surface area contributed by atoms with Gasteiger partial charge in [-0.15, -0.1) is 0 Å². The van der Waals surface area contributed by atoms with Crippen LogP contribution in [0.25, 0.3) is 60.4 Å². The minimum absolute atomic E-state index is 0.211. The molecule has 4 nitrogen and oxygen atoms in total. The molecule has 1 aliphatic carbocycles. The summed E-state index contributed by atoms with van der Waals surface area (Å²) in [5.41, 5.74) is 16.5. The van der Waals surface area contributed by atoms with E-state index in [1.54, 1.807) is 0 Å². The molecular formula is C58H38N4S. The summed E-state index contributed by atoms with van der Waals surface area (Å²) >= 11 is 1.89. The summed E-state index contributed by atoms with van der Waals surface area (Å²) in [5, 5.41) is 4.93. The van der Waals surface area contributed by atoms with Gasteiger partial charge in [-0.1, -0.05) is 151 Å². The lowest BCUT2D eigenvalue weighted by molar-refractivity contribution is 0.723. The Labute approximate surface area is 369 Å². The van der Waals surface area contributed by atoms with Gasteiger partial charge in [0.25, 0.3) is 0 Å². The summed E-state index contributed by atoms with van der Waals surface area (Å²) in [5.74, 6) is 0.980. The summed E-state index contributed by atoms with van der Waals surface area (Å²) in [4.78, 5) is 10.8. The van der Waals surface area contributed by atoms with Crippen LogP contribution < -0.4 is 4.90 Å². The molecule has 11 aromatic rings. The Balaban J connectivity index is 1.08. The molecule has 0 saturated heterocycles. The van der Waals surface area contributed by atoms with E-state index in [1.165, 1.54) is 81.3 Å². The summed E-state index contributed by atoms with van der Waals surface area (Å²) in [6.45, 7) is 0. The van der Waals surface area contributed by atoms with E-state index in [1.807, 2.05) is 11.8 Å². The zero-order valence-electron chi connectivity index (χ0n) is 34.4. The van der Waals surface area contributed by atoms with Gasteiger partial charge < -0.3 is 9.47 Å². The van der Waals surface area contributed by atoms with Crippen LogP contribution in [0.3, 0.4) is 0 Å². The summed E-state index contributed by atoms with van der Waals surface area (Å²) in [6, 6.07) is 76.2. The van der Waals surface area contributed by atoms with Gasteiger partial charge in [0.1, 0.15) is 11.9 Å². The number of rotatable bonds is 2. The molecule has 0 saturated carbocycles. The molecule has 9 aromatic carbocycles. The molecule has 63 heavy (non-hydrogen) atoms. The highest BCUT2D eigenvalue weighted by molar-refractivity contribution is 7.99. The number of hydrogen-bond donors (Lipinski definition) is 0. The van der Waals surface area contributed by atoms with Gasteiger partial charge in [0, 0.05) is 44.1 Å². The third-order valence-electron chi connectivity index (χ3n) is 14.0. The van der Waals surface area contributed by atoms with E-state index < -0.39 is 5.41 Å². The molecule has 2 aromatic heterocycles. The highest BCUT2D eigenvalue weighted by atomic mass is 32.2. The van der Waals surface area contributed by atoms with E-state index in [-0.39, 0.29) is 6.04 Å². The van der Waals surface area contributed by atoms with E-state index in [0.29, 0.717) is 0 Å². The smallest absolute Gasteiger partial charge is 0.141 e. The van der Waals surface area contributed by atoms with Gasteiger partial charge >= 0.3 is 0 Å². The lowest BCUT2D eigenvalue weighted by Gasteiger charge is -2.39. The quantitative estimate of drug-likeness (QED) is 0.174. The number of benzene rings is 9. The Morgan fingerprint density at radius 3 is 1.81 bits per heavy atom. The maximum Gasteiger partial charge on any atom is 0.141 e. The fourth-order valence-corrected chi connectivity index (χ4v) is 12.7. The van der Waals surface area contributed by atoms with Crippen LogP contribution in [0.15, 0.2) is 221 Å². The van der Waals surface area contributed by atoms with Crippen molar-refractivity contribution in [2.45, 2.75) is 21.2 Å². The number of hydrogen-bond acceptors (Lipinski definition) is 3. The largest absolute Gasteiger partial charge is 0.359 e. The van der Waals surface area contributed by atoms with Gasteiger partial charge in [-0.3, -0.25) is 4.57 Å². The molecule has 0 N–H and O–H groups in total. The molecule has 2 aliphatic heterocycles. The minimum atomic E-state index is -0.493. The van der Waals surface area contributed by atoms with Crippen molar-refractivity contribution in [3.8, 4) is 16.8 Å². The van der Waals surface area contributed by atoms with Gasteiger partial charge in [0.15, 0.2) is 0 Å². The van der Waals surface area contributed by atoms with Gasteiger partial charge in [-0.25, -0.2) is 4.99 Å².